The van der Waals surface area contributed by atoms with Crippen molar-refractivity contribution in [1.82, 2.24) is 0 Å². The molecule has 20 heavy (non-hydrogen) atoms. The van der Waals surface area contributed by atoms with Gasteiger partial charge in [0.1, 0.15) is 5.00 Å². The summed E-state index contributed by atoms with van der Waals surface area (Å²) in [7, 11) is 0. The summed E-state index contributed by atoms with van der Waals surface area (Å²) in [6, 6.07) is 0. The molecule has 112 valence electrons. The second-order valence-corrected chi connectivity index (χ2v) is 7.31. The summed E-state index contributed by atoms with van der Waals surface area (Å²) in [5, 5.41) is 1.11. The number of nitrogens with zero attached hydrogens (tertiary/aromatic N) is 1. The van der Waals surface area contributed by atoms with Gasteiger partial charge in [-0.25, -0.2) is 0 Å². The van der Waals surface area contributed by atoms with Gasteiger partial charge in [0.25, 0.3) is 0 Å². The zero-order valence-electron chi connectivity index (χ0n) is 12.5. The van der Waals surface area contributed by atoms with Gasteiger partial charge >= 0.3 is 0 Å². The van der Waals surface area contributed by atoms with Crippen molar-refractivity contribution in [2.75, 3.05) is 36.6 Å². The standard InChI is InChI=1S/C14H22N2O2S2/c1-5-9(17)11-10(15)12(19-4)13(20-11)16-6-7-18-14(2,3)8-16/h5-8,15H2,1-4H3. The Morgan fingerprint density at radius 2 is 2.25 bits per heavy atom. The fourth-order valence-corrected chi connectivity index (χ4v) is 4.60. The zero-order chi connectivity index (χ0) is 14.9. The average molecular weight is 314 g/mol. The number of thiophene rings is 1. The van der Waals surface area contributed by atoms with Crippen LogP contribution in [-0.2, 0) is 4.74 Å². The monoisotopic (exact) mass is 314 g/mol. The van der Waals surface area contributed by atoms with E-state index < -0.39 is 0 Å². The van der Waals surface area contributed by atoms with Crippen LogP contribution in [0.2, 0.25) is 0 Å². The molecule has 4 nitrogen and oxygen atoms in total. The number of hydrogen-bond donors (Lipinski definition) is 1. The van der Waals surface area contributed by atoms with Crippen LogP contribution in [0.5, 0.6) is 0 Å². The summed E-state index contributed by atoms with van der Waals surface area (Å²) >= 11 is 3.14. The van der Waals surface area contributed by atoms with Gasteiger partial charge in [-0.15, -0.1) is 23.1 Å². The van der Waals surface area contributed by atoms with Crippen molar-refractivity contribution >= 4 is 39.6 Å². The molecule has 0 atom stereocenters. The van der Waals surface area contributed by atoms with Gasteiger partial charge in [0.15, 0.2) is 5.78 Å². The summed E-state index contributed by atoms with van der Waals surface area (Å²) in [6.07, 6.45) is 2.50. The molecule has 1 saturated heterocycles. The minimum atomic E-state index is -0.165. The van der Waals surface area contributed by atoms with Crippen LogP contribution >= 0.6 is 23.1 Å². The molecule has 0 radical (unpaired) electrons. The normalized spacial score (nSPS) is 18.3. The van der Waals surface area contributed by atoms with E-state index in [1.54, 1.807) is 11.8 Å². The largest absolute Gasteiger partial charge is 0.396 e. The Balaban J connectivity index is 2.38. The summed E-state index contributed by atoms with van der Waals surface area (Å²) < 4.78 is 5.75. The second-order valence-electron chi connectivity index (χ2n) is 5.49. The Morgan fingerprint density at radius 1 is 1.55 bits per heavy atom. The van der Waals surface area contributed by atoms with Gasteiger partial charge in [-0.05, 0) is 20.1 Å². The number of nitrogens with two attached hydrogens (primary N) is 1. The number of thioether (sulfide) groups is 1. The summed E-state index contributed by atoms with van der Waals surface area (Å²) in [6.45, 7) is 8.42. The van der Waals surface area contributed by atoms with Crippen LogP contribution in [0.15, 0.2) is 4.90 Å². The number of carbonyl (C=O) groups excluding carboxylic acids is 1. The molecule has 2 heterocycles. The van der Waals surface area contributed by atoms with Crippen LogP contribution in [0.1, 0.15) is 36.9 Å². The lowest BCUT2D eigenvalue weighted by molar-refractivity contribution is -0.0276. The van der Waals surface area contributed by atoms with Gasteiger partial charge in [-0.2, -0.15) is 0 Å². The van der Waals surface area contributed by atoms with Crippen LogP contribution in [0, 0.1) is 0 Å². The van der Waals surface area contributed by atoms with Gasteiger partial charge in [0.2, 0.25) is 0 Å². The van der Waals surface area contributed by atoms with E-state index in [0.29, 0.717) is 23.6 Å². The number of hydrogen-bond acceptors (Lipinski definition) is 6. The molecule has 0 unspecified atom stereocenters. The molecule has 0 amide bonds. The Morgan fingerprint density at radius 3 is 2.80 bits per heavy atom. The lowest BCUT2D eigenvalue weighted by atomic mass is 10.1. The summed E-state index contributed by atoms with van der Waals surface area (Å²) in [5.74, 6) is 0.126. The number of nitrogen functional groups attached to an aromatic ring is 1. The maximum atomic E-state index is 12.0. The molecule has 0 saturated carbocycles. The van der Waals surface area contributed by atoms with E-state index in [9.17, 15) is 4.79 Å². The molecular weight excluding hydrogens is 292 g/mol. The molecule has 1 aromatic rings. The lowest BCUT2D eigenvalue weighted by Gasteiger charge is -2.39. The third-order valence-corrected chi connectivity index (χ3v) is 5.63. The highest BCUT2D eigenvalue weighted by Gasteiger charge is 2.31. The summed E-state index contributed by atoms with van der Waals surface area (Å²) in [4.78, 5) is 16.0. The predicted octanol–water partition coefficient (Wildman–Crippen LogP) is 3.26. The zero-order valence-corrected chi connectivity index (χ0v) is 14.1. The highest BCUT2D eigenvalue weighted by atomic mass is 32.2. The van der Waals surface area contributed by atoms with Crippen molar-refractivity contribution in [3.8, 4) is 0 Å². The highest BCUT2D eigenvalue weighted by Crippen LogP contribution is 2.45. The maximum Gasteiger partial charge on any atom is 0.174 e. The Kier molecular flexibility index (Phi) is 4.66. The van der Waals surface area contributed by atoms with Crippen molar-refractivity contribution < 1.29 is 9.53 Å². The molecular formula is C14H22N2O2S2. The molecule has 0 aliphatic carbocycles. The third-order valence-electron chi connectivity index (χ3n) is 3.37. The molecule has 0 spiro atoms. The molecule has 6 heteroatoms. The Labute approximate surface area is 128 Å². The molecule has 1 fully saturated rings. The Bertz CT molecular complexity index is 512. The lowest BCUT2D eigenvalue weighted by Crippen LogP contribution is -2.48. The predicted molar refractivity (Wildman–Crippen MR) is 87.4 cm³/mol. The van der Waals surface area contributed by atoms with Crippen LogP contribution in [0.25, 0.3) is 0 Å². The molecule has 1 aliphatic rings. The Hall–Kier alpha value is -0.720. The van der Waals surface area contributed by atoms with Crippen molar-refractivity contribution in [3.05, 3.63) is 4.88 Å². The van der Waals surface area contributed by atoms with Crippen LogP contribution in [0.3, 0.4) is 0 Å². The van der Waals surface area contributed by atoms with Gasteiger partial charge in [0.05, 0.1) is 27.7 Å². The van der Waals surface area contributed by atoms with E-state index >= 15 is 0 Å². The number of Topliss-reactive ketones (excluding diaryl/α,β-unsaturated/α-hetero) is 1. The third kappa shape index (κ3) is 2.97. The quantitative estimate of drug-likeness (QED) is 0.683. The first-order valence-electron chi connectivity index (χ1n) is 6.78. The first-order valence-corrected chi connectivity index (χ1v) is 8.82. The van der Waals surface area contributed by atoms with Crippen molar-refractivity contribution in [3.63, 3.8) is 0 Å². The average Bonchev–Trinajstić information content (AvgIpc) is 2.73. The molecule has 1 aliphatic heterocycles. The van der Waals surface area contributed by atoms with E-state index in [4.69, 9.17) is 10.5 Å². The minimum Gasteiger partial charge on any atom is -0.396 e. The van der Waals surface area contributed by atoms with Crippen molar-refractivity contribution in [2.45, 2.75) is 37.7 Å². The van der Waals surface area contributed by atoms with E-state index in [1.165, 1.54) is 11.3 Å². The molecule has 1 aromatic heterocycles. The highest BCUT2D eigenvalue weighted by molar-refractivity contribution is 7.99. The number of morpholine rings is 1. The van der Waals surface area contributed by atoms with Gasteiger partial charge in [0, 0.05) is 19.5 Å². The van der Waals surface area contributed by atoms with Crippen LogP contribution in [0.4, 0.5) is 10.7 Å². The van der Waals surface area contributed by atoms with E-state index in [1.807, 2.05) is 13.2 Å². The van der Waals surface area contributed by atoms with Gasteiger partial charge in [-0.1, -0.05) is 6.92 Å². The molecule has 2 N–H and O–H groups in total. The number of ketones is 1. The number of rotatable bonds is 4. The number of anilines is 2. The van der Waals surface area contributed by atoms with E-state index in [-0.39, 0.29) is 11.4 Å². The second kappa shape index (κ2) is 5.95. The maximum absolute atomic E-state index is 12.0. The smallest absolute Gasteiger partial charge is 0.174 e. The van der Waals surface area contributed by atoms with Crippen molar-refractivity contribution in [1.29, 1.82) is 0 Å². The number of carbonyl (C=O) groups is 1. The minimum absolute atomic E-state index is 0.126. The molecule has 2 rings (SSSR count). The van der Waals surface area contributed by atoms with Gasteiger partial charge in [-0.3, -0.25) is 4.79 Å². The SMILES string of the molecule is CCC(=O)c1sc(N2CCOC(C)(C)C2)c(SC)c1N. The fourth-order valence-electron chi connectivity index (χ4n) is 2.38. The van der Waals surface area contributed by atoms with E-state index in [2.05, 4.69) is 18.7 Å². The number of ether oxygens (including phenoxy) is 1. The van der Waals surface area contributed by atoms with Crippen LogP contribution < -0.4 is 10.6 Å². The molecule has 0 bridgehead atoms. The van der Waals surface area contributed by atoms with Gasteiger partial charge < -0.3 is 15.4 Å². The van der Waals surface area contributed by atoms with Crippen molar-refractivity contribution in [2.24, 2.45) is 0 Å². The first-order chi connectivity index (χ1) is 9.39. The fraction of sp³-hybridized carbons (Fsp3) is 0.643. The van der Waals surface area contributed by atoms with E-state index in [0.717, 1.165) is 23.0 Å². The van der Waals surface area contributed by atoms with Crippen LogP contribution in [-0.4, -0.2) is 37.3 Å². The summed E-state index contributed by atoms with van der Waals surface area (Å²) in [5.41, 5.74) is 6.66. The topological polar surface area (TPSA) is 55.6 Å². The first kappa shape index (κ1) is 15.7. The molecule has 0 aromatic carbocycles.